The number of hydrogen-bond acceptors (Lipinski definition) is 6. The van der Waals surface area contributed by atoms with Crippen LogP contribution in [0.5, 0.6) is 5.75 Å². The van der Waals surface area contributed by atoms with Gasteiger partial charge in [0.25, 0.3) is 0 Å². The van der Waals surface area contributed by atoms with E-state index in [-0.39, 0.29) is 18.7 Å². The number of hydrogen-bond donors (Lipinski definition) is 3. The number of aryl methyl sites for hydroxylation is 2. The quantitative estimate of drug-likeness (QED) is 0.299. The number of phenols is 1. The molecule has 3 rings (SSSR count). The maximum absolute atomic E-state index is 14.3. The van der Waals surface area contributed by atoms with Gasteiger partial charge in [0.2, 0.25) is 11.8 Å². The molecule has 0 saturated carbocycles. The first-order valence-electron chi connectivity index (χ1n) is 13.7. The van der Waals surface area contributed by atoms with Crippen LogP contribution < -0.4 is 10.6 Å². The molecule has 9 heteroatoms. The maximum Gasteiger partial charge on any atom is 0.408 e. The molecule has 0 saturated heterocycles. The number of nitriles is 1. The molecule has 0 aliphatic carbocycles. The van der Waals surface area contributed by atoms with Crippen molar-refractivity contribution in [1.29, 1.82) is 5.26 Å². The highest BCUT2D eigenvalue weighted by Crippen LogP contribution is 2.27. The van der Waals surface area contributed by atoms with Crippen molar-refractivity contribution in [1.82, 2.24) is 15.5 Å². The van der Waals surface area contributed by atoms with E-state index < -0.39 is 42.1 Å². The van der Waals surface area contributed by atoms with Gasteiger partial charge in [-0.3, -0.25) is 9.59 Å². The Labute approximate surface area is 247 Å². The number of carbonyl (C=O) groups is 3. The highest BCUT2D eigenvalue weighted by atomic mass is 16.6. The third-order valence-corrected chi connectivity index (χ3v) is 6.49. The topological polar surface area (TPSA) is 132 Å². The zero-order valence-electron chi connectivity index (χ0n) is 24.7. The molecular formula is C33H38N4O5. The molecule has 9 nitrogen and oxygen atoms in total. The van der Waals surface area contributed by atoms with Gasteiger partial charge in [-0.15, -0.1) is 0 Å². The van der Waals surface area contributed by atoms with Crippen molar-refractivity contribution in [2.45, 2.75) is 65.3 Å². The summed E-state index contributed by atoms with van der Waals surface area (Å²) in [6, 6.07) is 20.9. The molecule has 220 valence electrons. The highest BCUT2D eigenvalue weighted by molar-refractivity contribution is 5.92. The first-order chi connectivity index (χ1) is 19.9. The van der Waals surface area contributed by atoms with E-state index in [9.17, 15) is 24.8 Å². The minimum absolute atomic E-state index is 0.0332. The Hall–Kier alpha value is -4.84. The lowest BCUT2D eigenvalue weighted by molar-refractivity contribution is -0.141. The van der Waals surface area contributed by atoms with E-state index in [4.69, 9.17) is 4.74 Å². The molecule has 0 bridgehead atoms. The molecule has 0 aliphatic rings. The van der Waals surface area contributed by atoms with Crippen LogP contribution in [0.1, 0.15) is 54.6 Å². The van der Waals surface area contributed by atoms with Gasteiger partial charge >= 0.3 is 6.09 Å². The van der Waals surface area contributed by atoms with E-state index in [2.05, 4.69) is 10.6 Å². The van der Waals surface area contributed by atoms with Gasteiger partial charge in [0, 0.05) is 13.0 Å². The number of alkyl carbamates (subject to hydrolysis) is 1. The molecule has 2 atom stereocenters. The normalized spacial score (nSPS) is 12.4. The zero-order valence-corrected chi connectivity index (χ0v) is 24.7. The van der Waals surface area contributed by atoms with Crippen molar-refractivity contribution in [2.75, 3.05) is 6.54 Å². The second-order valence-electron chi connectivity index (χ2n) is 11.2. The first kappa shape index (κ1) is 31.7. The molecular weight excluding hydrogens is 532 g/mol. The van der Waals surface area contributed by atoms with Crippen LogP contribution in [0.15, 0.2) is 72.8 Å². The molecule has 0 aromatic heterocycles. The Morgan fingerprint density at radius 1 is 0.976 bits per heavy atom. The van der Waals surface area contributed by atoms with Crippen molar-refractivity contribution < 1.29 is 24.2 Å². The fourth-order valence-corrected chi connectivity index (χ4v) is 4.48. The van der Waals surface area contributed by atoms with Crippen molar-refractivity contribution in [3.8, 4) is 11.8 Å². The Kier molecular flexibility index (Phi) is 10.7. The lowest BCUT2D eigenvalue weighted by Crippen LogP contribution is -2.54. The van der Waals surface area contributed by atoms with Crippen molar-refractivity contribution >= 4 is 17.9 Å². The van der Waals surface area contributed by atoms with Crippen molar-refractivity contribution in [2.24, 2.45) is 0 Å². The molecule has 0 aliphatic heterocycles. The van der Waals surface area contributed by atoms with Crippen molar-refractivity contribution in [3.05, 3.63) is 101 Å². The van der Waals surface area contributed by atoms with Crippen LogP contribution in [-0.4, -0.2) is 46.1 Å². The summed E-state index contributed by atoms with van der Waals surface area (Å²) in [5, 5.41) is 25.1. The molecule has 3 N–H and O–H groups in total. The van der Waals surface area contributed by atoms with E-state index in [0.29, 0.717) is 11.1 Å². The second kappa shape index (κ2) is 14.2. The molecule has 3 aromatic rings. The zero-order chi connectivity index (χ0) is 30.9. The summed E-state index contributed by atoms with van der Waals surface area (Å²) >= 11 is 0. The van der Waals surface area contributed by atoms with Gasteiger partial charge in [-0.25, -0.2) is 4.79 Å². The highest BCUT2D eigenvalue weighted by Gasteiger charge is 2.37. The monoisotopic (exact) mass is 570 g/mol. The summed E-state index contributed by atoms with van der Waals surface area (Å²) in [5.41, 5.74) is 2.93. The van der Waals surface area contributed by atoms with Gasteiger partial charge in [-0.1, -0.05) is 66.2 Å². The number of carbonyl (C=O) groups excluding carboxylic acids is 3. The Morgan fingerprint density at radius 2 is 1.64 bits per heavy atom. The number of benzene rings is 3. The van der Waals surface area contributed by atoms with Crippen LogP contribution in [0, 0.1) is 25.2 Å². The van der Waals surface area contributed by atoms with Gasteiger partial charge in [-0.05, 0) is 69.0 Å². The largest absolute Gasteiger partial charge is 0.508 e. The van der Waals surface area contributed by atoms with E-state index in [0.717, 1.165) is 16.7 Å². The number of phenolic OH excluding ortho intramolecular Hbond substituents is 1. The third-order valence-electron chi connectivity index (χ3n) is 6.49. The van der Waals surface area contributed by atoms with Crippen LogP contribution in [0.4, 0.5) is 4.79 Å². The Balaban J connectivity index is 2.04. The standard InChI is InChI=1S/C33H38N4O5/c1-22-11-12-23(2)27(19-22)29(30(39)35-21-25-9-7-6-8-10-25)37(18-17-34)31(40)28(36-32(41)42-33(3,4)5)20-24-13-15-26(38)16-14-24/h6-16,19,28-29,38H,18,20-21H2,1-5H3,(H,35,39)(H,36,41). The van der Waals surface area contributed by atoms with E-state index in [1.54, 1.807) is 32.9 Å². The minimum atomic E-state index is -1.17. The molecule has 0 spiro atoms. The van der Waals surface area contributed by atoms with Gasteiger partial charge < -0.3 is 25.4 Å². The minimum Gasteiger partial charge on any atom is -0.508 e. The van der Waals surface area contributed by atoms with E-state index >= 15 is 0 Å². The van der Waals surface area contributed by atoms with Crippen LogP contribution in [0.25, 0.3) is 0 Å². The molecule has 0 radical (unpaired) electrons. The SMILES string of the molecule is Cc1ccc(C)c(C(C(=O)NCc2ccccc2)N(CC#N)C(=O)C(Cc2ccc(O)cc2)NC(=O)OC(C)(C)C)c1. The molecule has 2 unspecified atom stereocenters. The number of rotatable bonds is 10. The summed E-state index contributed by atoms with van der Waals surface area (Å²) in [4.78, 5) is 42.2. The molecule has 0 heterocycles. The number of ether oxygens (including phenoxy) is 1. The average Bonchev–Trinajstić information content (AvgIpc) is 2.93. The summed E-state index contributed by atoms with van der Waals surface area (Å²) < 4.78 is 5.42. The fraction of sp³-hybridized carbons (Fsp3) is 0.333. The fourth-order valence-electron chi connectivity index (χ4n) is 4.48. The Morgan fingerprint density at radius 3 is 2.26 bits per heavy atom. The van der Waals surface area contributed by atoms with E-state index in [1.165, 1.54) is 17.0 Å². The van der Waals surface area contributed by atoms with E-state index in [1.807, 2.05) is 68.4 Å². The summed E-state index contributed by atoms with van der Waals surface area (Å²) in [5.74, 6) is -1.04. The van der Waals surface area contributed by atoms with Crippen molar-refractivity contribution in [3.63, 3.8) is 0 Å². The molecule has 42 heavy (non-hydrogen) atoms. The summed E-state index contributed by atoms with van der Waals surface area (Å²) in [6.07, 6.45) is -0.779. The van der Waals surface area contributed by atoms with Crippen LogP contribution in [-0.2, 0) is 27.3 Å². The maximum atomic E-state index is 14.3. The summed E-state index contributed by atoms with van der Waals surface area (Å²) in [7, 11) is 0. The average molecular weight is 571 g/mol. The van der Waals surface area contributed by atoms with Gasteiger partial charge in [0.05, 0.1) is 6.07 Å². The Bertz CT molecular complexity index is 1430. The molecule has 3 aromatic carbocycles. The van der Waals surface area contributed by atoms with Crippen LogP contribution >= 0.6 is 0 Å². The van der Waals surface area contributed by atoms with Crippen LogP contribution in [0.3, 0.4) is 0 Å². The first-order valence-corrected chi connectivity index (χ1v) is 13.7. The lowest BCUT2D eigenvalue weighted by Gasteiger charge is -2.33. The number of nitrogens with one attached hydrogen (secondary N) is 2. The predicted molar refractivity (Wildman–Crippen MR) is 159 cm³/mol. The predicted octanol–water partition coefficient (Wildman–Crippen LogP) is 4.85. The van der Waals surface area contributed by atoms with Gasteiger partial charge in [0.1, 0.15) is 30.0 Å². The number of nitrogens with zero attached hydrogens (tertiary/aromatic N) is 2. The number of aromatic hydroxyl groups is 1. The lowest BCUT2D eigenvalue weighted by atomic mass is 9.95. The third kappa shape index (κ3) is 9.10. The van der Waals surface area contributed by atoms with Gasteiger partial charge in [0.15, 0.2) is 0 Å². The molecule has 3 amide bonds. The molecule has 0 fully saturated rings. The second-order valence-corrected chi connectivity index (χ2v) is 11.2. The smallest absolute Gasteiger partial charge is 0.408 e. The van der Waals surface area contributed by atoms with Crippen LogP contribution in [0.2, 0.25) is 0 Å². The summed E-state index contributed by atoms with van der Waals surface area (Å²) in [6.45, 7) is 8.67. The van der Waals surface area contributed by atoms with Gasteiger partial charge in [-0.2, -0.15) is 5.26 Å². The number of amides is 3.